The number of nitrogens with two attached hydrogens (primary N) is 1. The number of aromatic nitrogens is 1. The average Bonchev–Trinajstić information content (AvgIpc) is 2.51. The second kappa shape index (κ2) is 3.18. The van der Waals surface area contributed by atoms with E-state index in [1.807, 2.05) is 19.1 Å². The molecule has 0 unspecified atom stereocenters. The minimum absolute atomic E-state index is 0.208. The molecular weight excluding hydrogens is 176 g/mol. The Bertz CT molecular complexity index is 460. The summed E-state index contributed by atoms with van der Waals surface area (Å²) in [6, 6.07) is 6.40. The summed E-state index contributed by atoms with van der Waals surface area (Å²) >= 11 is 0. The van der Waals surface area contributed by atoms with Gasteiger partial charge in [-0.25, -0.2) is 0 Å². The van der Waals surface area contributed by atoms with Crippen molar-refractivity contribution < 1.29 is 4.42 Å². The Labute approximate surface area is 82.6 Å². The summed E-state index contributed by atoms with van der Waals surface area (Å²) in [7, 11) is 0. The molecule has 0 aliphatic heterocycles. The average molecular weight is 188 g/mol. The van der Waals surface area contributed by atoms with E-state index in [2.05, 4.69) is 18.0 Å². The summed E-state index contributed by atoms with van der Waals surface area (Å²) in [6.45, 7) is 4.11. The maximum absolute atomic E-state index is 5.42. The molecule has 0 spiro atoms. The highest BCUT2D eigenvalue weighted by Crippen LogP contribution is 2.23. The molecule has 0 bridgehead atoms. The summed E-state index contributed by atoms with van der Waals surface area (Å²) in [5.74, 6) is 0. The summed E-state index contributed by atoms with van der Waals surface area (Å²) < 4.78 is 4.97. The van der Waals surface area contributed by atoms with E-state index in [-0.39, 0.29) is 6.01 Å². The van der Waals surface area contributed by atoms with Gasteiger partial charge in [-0.15, -0.1) is 0 Å². The van der Waals surface area contributed by atoms with E-state index in [0.29, 0.717) is 0 Å². The Morgan fingerprint density at radius 2 is 2.07 bits per heavy atom. The number of oxazole rings is 1. The van der Waals surface area contributed by atoms with Crippen molar-refractivity contribution in [2.75, 3.05) is 5.73 Å². The van der Waals surface area contributed by atoms with E-state index in [4.69, 9.17) is 10.2 Å². The van der Waals surface area contributed by atoms with Gasteiger partial charge >= 0.3 is 0 Å². The zero-order chi connectivity index (χ0) is 10.1. The molecule has 0 saturated carbocycles. The molecule has 0 aliphatic carbocycles. The van der Waals surface area contributed by atoms with Crippen molar-refractivity contribution in [3.8, 4) is 11.3 Å². The zero-order valence-electron chi connectivity index (χ0n) is 8.24. The molecule has 0 fully saturated rings. The highest BCUT2D eigenvalue weighted by Gasteiger charge is 2.06. The van der Waals surface area contributed by atoms with E-state index >= 15 is 0 Å². The minimum Gasteiger partial charge on any atom is -0.432 e. The van der Waals surface area contributed by atoms with Crippen molar-refractivity contribution in [3.05, 3.63) is 35.6 Å². The maximum atomic E-state index is 5.42. The normalized spacial score (nSPS) is 10.4. The Morgan fingerprint density at radius 3 is 2.64 bits per heavy atom. The monoisotopic (exact) mass is 188 g/mol. The molecule has 2 rings (SSSR count). The Morgan fingerprint density at radius 1 is 1.29 bits per heavy atom. The lowest BCUT2D eigenvalue weighted by molar-refractivity contribution is 0.581. The highest BCUT2D eigenvalue weighted by atomic mass is 16.4. The van der Waals surface area contributed by atoms with E-state index in [0.717, 1.165) is 11.3 Å². The topological polar surface area (TPSA) is 52.0 Å². The van der Waals surface area contributed by atoms with Crippen LogP contribution in [0.5, 0.6) is 0 Å². The molecule has 2 aromatic rings. The molecule has 1 aromatic carbocycles. The molecule has 2 N–H and O–H groups in total. The summed E-state index contributed by atoms with van der Waals surface area (Å²) in [6.07, 6.45) is 1.58. The van der Waals surface area contributed by atoms with Crippen molar-refractivity contribution in [2.24, 2.45) is 0 Å². The predicted molar refractivity (Wildman–Crippen MR) is 55.8 cm³/mol. The lowest BCUT2D eigenvalue weighted by atomic mass is 10.0. The van der Waals surface area contributed by atoms with Crippen LogP contribution in [0.3, 0.4) is 0 Å². The van der Waals surface area contributed by atoms with E-state index < -0.39 is 0 Å². The van der Waals surface area contributed by atoms with Gasteiger partial charge in [-0.1, -0.05) is 23.8 Å². The van der Waals surface area contributed by atoms with Crippen LogP contribution < -0.4 is 5.73 Å². The van der Waals surface area contributed by atoms with Gasteiger partial charge in [0.2, 0.25) is 0 Å². The predicted octanol–water partition coefficient (Wildman–Crippen LogP) is 2.54. The lowest BCUT2D eigenvalue weighted by Crippen LogP contribution is -1.86. The molecule has 0 amide bonds. The van der Waals surface area contributed by atoms with Gasteiger partial charge in [-0.05, 0) is 19.4 Å². The second-order valence-electron chi connectivity index (χ2n) is 3.39. The Kier molecular flexibility index (Phi) is 2.00. The number of nitrogen functional groups attached to an aromatic ring is 1. The molecule has 1 aromatic heterocycles. The zero-order valence-corrected chi connectivity index (χ0v) is 8.24. The Hall–Kier alpha value is -1.77. The maximum Gasteiger partial charge on any atom is 0.292 e. The largest absolute Gasteiger partial charge is 0.432 e. The number of anilines is 1. The SMILES string of the molecule is Cc1ccc(-c2coc(N)n2)c(C)c1. The van der Waals surface area contributed by atoms with E-state index in [1.54, 1.807) is 6.26 Å². The summed E-state index contributed by atoms with van der Waals surface area (Å²) in [5, 5.41) is 0. The van der Waals surface area contributed by atoms with Crippen LogP contribution in [0, 0.1) is 13.8 Å². The molecule has 3 heteroatoms. The fourth-order valence-electron chi connectivity index (χ4n) is 1.51. The van der Waals surface area contributed by atoms with Crippen molar-refractivity contribution >= 4 is 6.01 Å². The van der Waals surface area contributed by atoms with Gasteiger partial charge in [0.15, 0.2) is 0 Å². The molecular formula is C11H12N2O. The van der Waals surface area contributed by atoms with Gasteiger partial charge < -0.3 is 10.2 Å². The number of hydrogen-bond donors (Lipinski definition) is 1. The van der Waals surface area contributed by atoms with Gasteiger partial charge in [0.1, 0.15) is 12.0 Å². The van der Waals surface area contributed by atoms with Crippen LogP contribution in [0.15, 0.2) is 28.9 Å². The number of rotatable bonds is 1. The second-order valence-corrected chi connectivity index (χ2v) is 3.39. The fraction of sp³-hybridized carbons (Fsp3) is 0.182. The fourth-order valence-corrected chi connectivity index (χ4v) is 1.51. The molecule has 0 radical (unpaired) electrons. The van der Waals surface area contributed by atoms with E-state index in [9.17, 15) is 0 Å². The number of hydrogen-bond acceptors (Lipinski definition) is 3. The van der Waals surface area contributed by atoms with Crippen LogP contribution >= 0.6 is 0 Å². The van der Waals surface area contributed by atoms with Crippen molar-refractivity contribution in [2.45, 2.75) is 13.8 Å². The van der Waals surface area contributed by atoms with Gasteiger partial charge in [0.25, 0.3) is 6.01 Å². The first-order valence-electron chi connectivity index (χ1n) is 4.45. The van der Waals surface area contributed by atoms with Gasteiger partial charge in [-0.3, -0.25) is 0 Å². The van der Waals surface area contributed by atoms with Crippen LogP contribution in [-0.2, 0) is 0 Å². The van der Waals surface area contributed by atoms with Gasteiger partial charge in [0, 0.05) is 5.56 Å². The third-order valence-corrected chi connectivity index (χ3v) is 2.18. The van der Waals surface area contributed by atoms with E-state index in [1.165, 1.54) is 11.1 Å². The molecule has 3 nitrogen and oxygen atoms in total. The minimum atomic E-state index is 0.208. The van der Waals surface area contributed by atoms with Crippen molar-refractivity contribution in [3.63, 3.8) is 0 Å². The Balaban J connectivity index is 2.52. The van der Waals surface area contributed by atoms with Crippen LogP contribution in [0.25, 0.3) is 11.3 Å². The molecule has 0 aliphatic rings. The quantitative estimate of drug-likeness (QED) is 0.748. The van der Waals surface area contributed by atoms with Gasteiger partial charge in [-0.2, -0.15) is 4.98 Å². The first kappa shape index (κ1) is 8.81. The number of nitrogens with zero attached hydrogens (tertiary/aromatic N) is 1. The third-order valence-electron chi connectivity index (χ3n) is 2.18. The van der Waals surface area contributed by atoms with Gasteiger partial charge in [0.05, 0.1) is 0 Å². The third kappa shape index (κ3) is 1.48. The molecule has 0 saturated heterocycles. The number of aryl methyl sites for hydroxylation is 2. The van der Waals surface area contributed by atoms with Crippen LogP contribution in [0.1, 0.15) is 11.1 Å². The van der Waals surface area contributed by atoms with Crippen LogP contribution in [0.4, 0.5) is 6.01 Å². The van der Waals surface area contributed by atoms with Crippen LogP contribution in [-0.4, -0.2) is 4.98 Å². The smallest absolute Gasteiger partial charge is 0.292 e. The summed E-state index contributed by atoms with van der Waals surface area (Å²) in [5.41, 5.74) is 9.69. The summed E-state index contributed by atoms with van der Waals surface area (Å²) in [4.78, 5) is 4.08. The standard InChI is InChI=1S/C11H12N2O/c1-7-3-4-9(8(2)5-7)10-6-14-11(12)13-10/h3-6H,1-2H3,(H2,12,13). The molecule has 0 atom stereocenters. The molecule has 1 heterocycles. The highest BCUT2D eigenvalue weighted by molar-refractivity contribution is 5.63. The number of benzene rings is 1. The first-order chi connectivity index (χ1) is 6.66. The molecule has 72 valence electrons. The molecule has 14 heavy (non-hydrogen) atoms. The van der Waals surface area contributed by atoms with Crippen molar-refractivity contribution in [1.82, 2.24) is 4.98 Å². The van der Waals surface area contributed by atoms with Crippen LogP contribution in [0.2, 0.25) is 0 Å². The lowest BCUT2D eigenvalue weighted by Gasteiger charge is -2.02. The first-order valence-corrected chi connectivity index (χ1v) is 4.45. The van der Waals surface area contributed by atoms with Crippen molar-refractivity contribution in [1.29, 1.82) is 0 Å².